The maximum atomic E-state index is 12.9. The van der Waals surface area contributed by atoms with Gasteiger partial charge in [0.05, 0.1) is 5.69 Å². The van der Waals surface area contributed by atoms with Crippen molar-refractivity contribution in [2.75, 3.05) is 0 Å². The summed E-state index contributed by atoms with van der Waals surface area (Å²) >= 11 is 5.54. The first-order valence-corrected chi connectivity index (χ1v) is 5.72. The smallest absolute Gasteiger partial charge is 0.159 e. The largest absolute Gasteiger partial charge is 0.240 e. The molecule has 0 aliphatic carbocycles. The van der Waals surface area contributed by atoms with Crippen LogP contribution in [0.3, 0.4) is 0 Å². The Hall–Kier alpha value is -0.940. The Bertz CT molecular complexity index is 482. The first-order valence-electron chi connectivity index (χ1n) is 4.21. The zero-order valence-electron chi connectivity index (χ0n) is 7.58. The van der Waals surface area contributed by atoms with E-state index in [4.69, 9.17) is 0 Å². The normalized spacial score (nSPS) is 10.6. The van der Waals surface area contributed by atoms with Crippen molar-refractivity contribution in [3.05, 3.63) is 40.2 Å². The van der Waals surface area contributed by atoms with E-state index in [-0.39, 0.29) is 0 Å². The third-order valence-corrected chi connectivity index (χ3v) is 3.26. The van der Waals surface area contributed by atoms with Crippen molar-refractivity contribution in [3.63, 3.8) is 0 Å². The van der Waals surface area contributed by atoms with Gasteiger partial charge in [-0.05, 0) is 18.2 Å². The third-order valence-electron chi connectivity index (χ3n) is 1.90. The van der Waals surface area contributed by atoms with Gasteiger partial charge >= 0.3 is 0 Å². The molecule has 0 radical (unpaired) electrons. The van der Waals surface area contributed by atoms with Crippen molar-refractivity contribution >= 4 is 24.0 Å². The van der Waals surface area contributed by atoms with Crippen LogP contribution in [0.25, 0.3) is 11.3 Å². The minimum Gasteiger partial charge on any atom is -0.240 e. The lowest BCUT2D eigenvalue weighted by Gasteiger charge is -1.97. The Labute approximate surface area is 95.2 Å². The summed E-state index contributed by atoms with van der Waals surface area (Å²) in [5, 5.41) is 2.66. The number of halogens is 2. The van der Waals surface area contributed by atoms with Gasteiger partial charge in [-0.3, -0.25) is 0 Å². The Kier molecular flexibility index (Phi) is 3.02. The van der Waals surface area contributed by atoms with Gasteiger partial charge in [0, 0.05) is 16.7 Å². The first-order chi connectivity index (χ1) is 7.20. The highest BCUT2D eigenvalue weighted by atomic mass is 32.1. The lowest BCUT2D eigenvalue weighted by molar-refractivity contribution is 0.509. The maximum absolute atomic E-state index is 12.9. The van der Waals surface area contributed by atoms with Crippen molar-refractivity contribution in [1.29, 1.82) is 0 Å². The lowest BCUT2D eigenvalue weighted by Crippen LogP contribution is -1.85. The topological polar surface area (TPSA) is 12.9 Å². The summed E-state index contributed by atoms with van der Waals surface area (Å²) in [6.07, 6.45) is 0. The molecule has 1 aromatic carbocycles. The molecule has 0 aliphatic rings. The van der Waals surface area contributed by atoms with E-state index in [1.807, 2.05) is 0 Å². The van der Waals surface area contributed by atoms with Crippen LogP contribution in [0.4, 0.5) is 8.78 Å². The van der Waals surface area contributed by atoms with E-state index in [0.29, 0.717) is 17.0 Å². The van der Waals surface area contributed by atoms with Crippen LogP contribution in [0.1, 0.15) is 5.01 Å². The quantitative estimate of drug-likeness (QED) is 0.796. The fourth-order valence-corrected chi connectivity index (χ4v) is 2.13. The Morgan fingerprint density at radius 2 is 2.07 bits per heavy atom. The molecule has 0 fully saturated rings. The van der Waals surface area contributed by atoms with E-state index in [2.05, 4.69) is 17.6 Å². The molecule has 0 aliphatic heterocycles. The van der Waals surface area contributed by atoms with Crippen molar-refractivity contribution < 1.29 is 8.78 Å². The van der Waals surface area contributed by atoms with Gasteiger partial charge in [0.1, 0.15) is 5.01 Å². The second kappa shape index (κ2) is 4.28. The highest BCUT2D eigenvalue weighted by Crippen LogP contribution is 2.24. The predicted octanol–water partition coefficient (Wildman–Crippen LogP) is 3.52. The molecule has 0 atom stereocenters. The zero-order valence-corrected chi connectivity index (χ0v) is 9.29. The monoisotopic (exact) mass is 243 g/mol. The minimum atomic E-state index is -0.854. The summed E-state index contributed by atoms with van der Waals surface area (Å²) < 4.78 is 25.6. The Morgan fingerprint density at radius 1 is 1.27 bits per heavy atom. The average molecular weight is 243 g/mol. The van der Waals surface area contributed by atoms with Gasteiger partial charge in [-0.25, -0.2) is 13.8 Å². The molecule has 15 heavy (non-hydrogen) atoms. The van der Waals surface area contributed by atoms with Gasteiger partial charge < -0.3 is 0 Å². The van der Waals surface area contributed by atoms with Gasteiger partial charge in [0.25, 0.3) is 0 Å². The van der Waals surface area contributed by atoms with E-state index in [1.165, 1.54) is 17.4 Å². The van der Waals surface area contributed by atoms with Crippen LogP contribution in [-0.2, 0) is 5.75 Å². The van der Waals surface area contributed by atoms with Crippen molar-refractivity contribution in [3.8, 4) is 11.3 Å². The van der Waals surface area contributed by atoms with Crippen LogP contribution in [0.15, 0.2) is 23.6 Å². The van der Waals surface area contributed by atoms with Crippen LogP contribution < -0.4 is 0 Å². The average Bonchev–Trinajstić information content (AvgIpc) is 2.70. The van der Waals surface area contributed by atoms with Crippen LogP contribution in [0.2, 0.25) is 0 Å². The summed E-state index contributed by atoms with van der Waals surface area (Å²) in [7, 11) is 0. The second-order valence-corrected chi connectivity index (χ2v) is 4.17. The number of thiol groups is 1. The number of hydrogen-bond donors (Lipinski definition) is 1. The van der Waals surface area contributed by atoms with Crippen LogP contribution in [0.5, 0.6) is 0 Å². The predicted molar refractivity (Wildman–Crippen MR) is 60.2 cm³/mol. The third kappa shape index (κ3) is 2.18. The fourth-order valence-electron chi connectivity index (χ4n) is 1.17. The number of rotatable bonds is 2. The zero-order chi connectivity index (χ0) is 10.8. The van der Waals surface area contributed by atoms with Crippen LogP contribution in [-0.4, -0.2) is 4.98 Å². The van der Waals surface area contributed by atoms with Gasteiger partial charge in [-0.1, -0.05) is 0 Å². The SMILES string of the molecule is Fc1ccc(-c2csc(CS)n2)cc1F. The van der Waals surface area contributed by atoms with Gasteiger partial charge in [-0.15, -0.1) is 11.3 Å². The molecule has 5 heteroatoms. The molecule has 1 nitrogen and oxygen atoms in total. The first kappa shape index (κ1) is 10.6. The number of hydrogen-bond acceptors (Lipinski definition) is 3. The molecule has 0 spiro atoms. The van der Waals surface area contributed by atoms with Crippen LogP contribution in [0, 0.1) is 11.6 Å². The second-order valence-electron chi connectivity index (χ2n) is 2.91. The highest BCUT2D eigenvalue weighted by Gasteiger charge is 2.07. The molecule has 0 unspecified atom stereocenters. The molecule has 1 heterocycles. The summed E-state index contributed by atoms with van der Waals surface area (Å²) in [6, 6.07) is 3.76. The minimum absolute atomic E-state index is 0.550. The summed E-state index contributed by atoms with van der Waals surface area (Å²) in [4.78, 5) is 4.22. The Morgan fingerprint density at radius 3 is 2.67 bits per heavy atom. The van der Waals surface area contributed by atoms with Crippen molar-refractivity contribution in [2.45, 2.75) is 5.75 Å². The molecule has 0 saturated carbocycles. The molecule has 1 aromatic heterocycles. The molecule has 0 bridgehead atoms. The molecule has 78 valence electrons. The summed E-state index contributed by atoms with van der Waals surface area (Å²) in [5.41, 5.74) is 1.24. The number of nitrogens with zero attached hydrogens (tertiary/aromatic N) is 1. The number of thiazole rings is 1. The van der Waals surface area contributed by atoms with Gasteiger partial charge in [0.15, 0.2) is 11.6 Å². The van der Waals surface area contributed by atoms with Crippen molar-refractivity contribution in [1.82, 2.24) is 4.98 Å². The van der Waals surface area contributed by atoms with E-state index < -0.39 is 11.6 Å². The standard InChI is InChI=1S/C10H7F2NS2/c11-7-2-1-6(3-8(7)12)9-5-15-10(4-14)13-9/h1-3,5,14H,4H2. The molecule has 0 saturated heterocycles. The number of benzene rings is 1. The highest BCUT2D eigenvalue weighted by molar-refractivity contribution is 7.79. The molecule has 0 amide bonds. The lowest BCUT2D eigenvalue weighted by atomic mass is 10.2. The number of aromatic nitrogens is 1. The maximum Gasteiger partial charge on any atom is 0.159 e. The molecule has 2 rings (SSSR count). The molecular formula is C10H7F2NS2. The van der Waals surface area contributed by atoms with Crippen molar-refractivity contribution in [2.24, 2.45) is 0 Å². The van der Waals surface area contributed by atoms with E-state index in [1.54, 1.807) is 5.38 Å². The van der Waals surface area contributed by atoms with E-state index in [0.717, 1.165) is 17.1 Å². The van der Waals surface area contributed by atoms with Crippen LogP contribution >= 0.6 is 24.0 Å². The summed E-state index contributed by atoms with van der Waals surface area (Å²) in [5.74, 6) is -1.15. The van der Waals surface area contributed by atoms with Gasteiger partial charge in [-0.2, -0.15) is 12.6 Å². The molecule has 0 N–H and O–H groups in total. The Balaban J connectivity index is 2.40. The fraction of sp³-hybridized carbons (Fsp3) is 0.100. The molecule has 2 aromatic rings. The van der Waals surface area contributed by atoms with Gasteiger partial charge in [0.2, 0.25) is 0 Å². The summed E-state index contributed by atoms with van der Waals surface area (Å²) in [6.45, 7) is 0. The van der Waals surface area contributed by atoms with E-state index in [9.17, 15) is 8.78 Å². The van der Waals surface area contributed by atoms with E-state index >= 15 is 0 Å². The molecular weight excluding hydrogens is 236 g/mol.